The van der Waals surface area contributed by atoms with E-state index in [1.807, 2.05) is 74.5 Å². The molecule has 0 aromatic heterocycles. The van der Waals surface area contributed by atoms with E-state index in [9.17, 15) is 14.3 Å². The van der Waals surface area contributed by atoms with Crippen molar-refractivity contribution in [3.05, 3.63) is 77.4 Å². The summed E-state index contributed by atoms with van der Waals surface area (Å²) in [6.45, 7) is 6.98. The van der Waals surface area contributed by atoms with Crippen LogP contribution >= 0.6 is 7.60 Å². The lowest BCUT2D eigenvalue weighted by molar-refractivity contribution is -0.118. The van der Waals surface area contributed by atoms with Crippen molar-refractivity contribution in [2.45, 2.75) is 39.0 Å². The number of aryl methyl sites for hydroxylation is 2. The molecular weight excluding hydrogens is 411 g/mol. The Labute approximate surface area is 183 Å². The van der Waals surface area contributed by atoms with E-state index in [2.05, 4.69) is 10.6 Å². The lowest BCUT2D eigenvalue weighted by Gasteiger charge is -2.34. The van der Waals surface area contributed by atoms with Crippen molar-refractivity contribution in [1.29, 1.82) is 0 Å². The summed E-state index contributed by atoms with van der Waals surface area (Å²) < 4.78 is 17.5. The summed E-state index contributed by atoms with van der Waals surface area (Å²) in [5.74, 6) is -0.321. The zero-order valence-electron chi connectivity index (χ0n) is 18.5. The molecule has 3 rings (SSSR count). The maximum atomic E-state index is 13.6. The van der Waals surface area contributed by atoms with E-state index in [0.29, 0.717) is 5.56 Å². The first-order chi connectivity index (χ1) is 14.6. The number of rotatable bonds is 7. The van der Waals surface area contributed by atoms with Crippen molar-refractivity contribution in [1.82, 2.24) is 5.32 Å². The molecule has 0 bridgehead atoms. The first kappa shape index (κ1) is 23.2. The van der Waals surface area contributed by atoms with Gasteiger partial charge in [-0.2, -0.15) is 0 Å². The molecule has 0 radical (unpaired) electrons. The Balaban J connectivity index is 2.10. The molecule has 31 heavy (non-hydrogen) atoms. The van der Waals surface area contributed by atoms with Gasteiger partial charge >= 0.3 is 7.60 Å². The van der Waals surface area contributed by atoms with Gasteiger partial charge in [-0.1, -0.05) is 60.7 Å². The van der Waals surface area contributed by atoms with Gasteiger partial charge in [0.25, 0.3) is 0 Å². The van der Waals surface area contributed by atoms with Crippen molar-refractivity contribution >= 4 is 30.0 Å². The lowest BCUT2D eigenvalue weighted by atomic mass is 9.97. The molecular formula is C24H29N2O4P. The molecule has 0 aliphatic rings. The molecule has 0 aliphatic heterocycles. The first-order valence-electron chi connectivity index (χ1n) is 10.1. The predicted molar refractivity (Wildman–Crippen MR) is 125 cm³/mol. The second-order valence-electron chi connectivity index (χ2n) is 8.16. The Morgan fingerprint density at radius 3 is 2.23 bits per heavy atom. The molecule has 3 N–H and O–H groups in total. The van der Waals surface area contributed by atoms with E-state index in [1.54, 1.807) is 13.8 Å². The number of hydrogen-bond acceptors (Lipinski definition) is 4. The highest BCUT2D eigenvalue weighted by Gasteiger charge is 2.43. The Kier molecular flexibility index (Phi) is 6.68. The number of para-hydroxylation sites is 1. The minimum Gasteiger partial charge on any atom is -0.324 e. The molecule has 0 saturated carbocycles. The molecule has 1 amide bonds. The maximum absolute atomic E-state index is 13.6. The van der Waals surface area contributed by atoms with Crippen LogP contribution in [0.3, 0.4) is 0 Å². The number of nitrogens with one attached hydrogen (secondary N) is 2. The highest BCUT2D eigenvalue weighted by atomic mass is 31.2. The van der Waals surface area contributed by atoms with Crippen LogP contribution in [-0.4, -0.2) is 23.2 Å². The zero-order valence-corrected chi connectivity index (χ0v) is 19.4. The van der Waals surface area contributed by atoms with Crippen LogP contribution < -0.4 is 10.6 Å². The Hall–Kier alpha value is -2.50. The summed E-state index contributed by atoms with van der Waals surface area (Å²) in [6.07, 6.45) is 0. The van der Waals surface area contributed by atoms with Crippen LogP contribution in [0.5, 0.6) is 0 Å². The third kappa shape index (κ3) is 4.73. The van der Waals surface area contributed by atoms with Crippen molar-refractivity contribution in [3.63, 3.8) is 0 Å². The summed E-state index contributed by atoms with van der Waals surface area (Å²) in [6, 6.07) is 18.3. The number of carbonyl (C=O) groups excluding carboxylic acids is 1. The highest BCUT2D eigenvalue weighted by Crippen LogP contribution is 2.53. The molecule has 0 heterocycles. The second-order valence-corrected chi connectivity index (χ2v) is 10.7. The van der Waals surface area contributed by atoms with Crippen molar-refractivity contribution in [2.75, 3.05) is 12.4 Å². The standard InChI is InChI=1S/C24H29N2O4P/c1-16-10-8-11-17(2)21(16)25-23(27)22(26-24(3,4)31(28,29)30-5)20-15-9-13-18-12-6-7-14-19(18)20/h6-15,22,26H,1-5H3,(H,25,27)(H,28,29). The Morgan fingerprint density at radius 2 is 1.58 bits per heavy atom. The number of amides is 1. The normalized spacial score (nSPS) is 14.8. The summed E-state index contributed by atoms with van der Waals surface area (Å²) in [5, 5.41) is 6.61. The monoisotopic (exact) mass is 440 g/mol. The zero-order chi connectivity index (χ0) is 22.8. The molecule has 2 unspecified atom stereocenters. The van der Waals surface area contributed by atoms with Gasteiger partial charge in [0.1, 0.15) is 11.3 Å². The van der Waals surface area contributed by atoms with Gasteiger partial charge in [0.2, 0.25) is 5.91 Å². The third-order valence-electron chi connectivity index (χ3n) is 5.58. The fourth-order valence-electron chi connectivity index (χ4n) is 3.66. The van der Waals surface area contributed by atoms with Crippen LogP contribution in [0.4, 0.5) is 5.69 Å². The average molecular weight is 440 g/mol. The van der Waals surface area contributed by atoms with Crippen LogP contribution in [0.15, 0.2) is 60.7 Å². The van der Waals surface area contributed by atoms with Crippen molar-refractivity contribution < 1.29 is 18.8 Å². The number of carbonyl (C=O) groups is 1. The van der Waals surface area contributed by atoms with Gasteiger partial charge < -0.3 is 14.7 Å². The fraction of sp³-hybridized carbons (Fsp3) is 0.292. The highest BCUT2D eigenvalue weighted by molar-refractivity contribution is 7.54. The van der Waals surface area contributed by atoms with Crippen LogP contribution in [0.25, 0.3) is 10.8 Å². The molecule has 3 aromatic carbocycles. The molecule has 0 fully saturated rings. The van der Waals surface area contributed by atoms with Gasteiger partial charge in [0.05, 0.1) is 0 Å². The SMILES string of the molecule is COP(=O)(O)C(C)(C)NC(C(=O)Nc1c(C)cccc1C)c1cccc2ccccc12. The maximum Gasteiger partial charge on any atom is 0.347 e. The molecule has 0 aliphatic carbocycles. The van der Waals surface area contributed by atoms with Gasteiger partial charge in [0, 0.05) is 12.8 Å². The molecule has 164 valence electrons. The topological polar surface area (TPSA) is 87.7 Å². The van der Waals surface area contributed by atoms with Gasteiger partial charge in [-0.25, -0.2) is 0 Å². The fourth-order valence-corrected chi connectivity index (χ4v) is 4.41. The Morgan fingerprint density at radius 1 is 1.00 bits per heavy atom. The largest absolute Gasteiger partial charge is 0.347 e. The first-order valence-corrected chi connectivity index (χ1v) is 11.7. The van der Waals surface area contributed by atoms with Gasteiger partial charge in [-0.05, 0) is 55.2 Å². The minimum absolute atomic E-state index is 0.321. The van der Waals surface area contributed by atoms with Crippen LogP contribution in [0, 0.1) is 13.8 Å². The van der Waals surface area contributed by atoms with Crippen molar-refractivity contribution in [3.8, 4) is 0 Å². The van der Waals surface area contributed by atoms with Crippen molar-refractivity contribution in [2.24, 2.45) is 0 Å². The minimum atomic E-state index is -4.04. The molecule has 0 spiro atoms. The molecule has 6 nitrogen and oxygen atoms in total. The number of anilines is 1. The molecule has 2 atom stereocenters. The third-order valence-corrected chi connectivity index (χ3v) is 7.61. The van der Waals surface area contributed by atoms with E-state index in [0.717, 1.165) is 27.6 Å². The number of hydrogen-bond donors (Lipinski definition) is 3. The summed E-state index contributed by atoms with van der Waals surface area (Å²) in [4.78, 5) is 23.9. The average Bonchev–Trinajstić information content (AvgIpc) is 2.74. The summed E-state index contributed by atoms with van der Waals surface area (Å²) >= 11 is 0. The molecule has 7 heteroatoms. The van der Waals surface area contributed by atoms with Crippen LogP contribution in [-0.2, 0) is 13.9 Å². The van der Waals surface area contributed by atoms with Crippen LogP contribution in [0.1, 0.15) is 36.6 Å². The second kappa shape index (κ2) is 8.93. The number of benzene rings is 3. The summed E-state index contributed by atoms with van der Waals surface area (Å²) in [7, 11) is -2.86. The lowest BCUT2D eigenvalue weighted by Crippen LogP contribution is -2.46. The predicted octanol–water partition coefficient (Wildman–Crippen LogP) is 5.29. The molecule has 0 saturated heterocycles. The van der Waals surface area contributed by atoms with E-state index >= 15 is 0 Å². The van der Waals surface area contributed by atoms with Gasteiger partial charge in [-0.15, -0.1) is 0 Å². The summed E-state index contributed by atoms with van der Waals surface area (Å²) in [5.41, 5.74) is 3.32. The van der Waals surface area contributed by atoms with E-state index in [1.165, 1.54) is 7.11 Å². The Bertz CT molecular complexity index is 1130. The van der Waals surface area contributed by atoms with E-state index in [-0.39, 0.29) is 5.91 Å². The van der Waals surface area contributed by atoms with Gasteiger partial charge in [-0.3, -0.25) is 14.7 Å². The molecule has 3 aromatic rings. The smallest absolute Gasteiger partial charge is 0.324 e. The van der Waals surface area contributed by atoms with E-state index in [4.69, 9.17) is 4.52 Å². The van der Waals surface area contributed by atoms with Crippen LogP contribution in [0.2, 0.25) is 0 Å². The number of fused-ring (bicyclic) bond motifs is 1. The quantitative estimate of drug-likeness (QED) is 0.434. The van der Waals surface area contributed by atoms with Gasteiger partial charge in [0.15, 0.2) is 0 Å². The van der Waals surface area contributed by atoms with E-state index < -0.39 is 18.9 Å².